The van der Waals surface area contributed by atoms with Crippen molar-refractivity contribution in [2.45, 2.75) is 117 Å². The minimum absolute atomic E-state index is 0.0190. The highest BCUT2D eigenvalue weighted by atomic mass is 32.1. The fourth-order valence-corrected chi connectivity index (χ4v) is 15.9. The van der Waals surface area contributed by atoms with Gasteiger partial charge in [0.05, 0.1) is 22.3 Å². The maximum Gasteiger partial charge on any atom is 0.262 e. The zero-order valence-electron chi connectivity index (χ0n) is 62.6. The zero-order valence-corrected chi connectivity index (χ0v) is 64.4. The van der Waals surface area contributed by atoms with Crippen LogP contribution in [-0.2, 0) is 35.8 Å². The summed E-state index contributed by atoms with van der Waals surface area (Å²) in [6, 6.07) is 72.5. The highest BCUT2D eigenvalue weighted by Crippen LogP contribution is 2.58. The number of nitrogens with zero attached hydrogens (tertiary/aromatic N) is 4. The Hall–Kier alpha value is -11.7. The van der Waals surface area contributed by atoms with E-state index in [0.29, 0.717) is 55.3 Å². The van der Waals surface area contributed by atoms with Gasteiger partial charge in [0.1, 0.15) is 58.1 Å². The van der Waals surface area contributed by atoms with Gasteiger partial charge >= 0.3 is 0 Å². The van der Waals surface area contributed by atoms with E-state index in [1.807, 2.05) is 218 Å². The van der Waals surface area contributed by atoms with Crippen LogP contribution in [-0.4, -0.2) is 78.6 Å². The molecule has 2 heterocycles. The second-order valence-corrected chi connectivity index (χ2v) is 30.4. The van der Waals surface area contributed by atoms with Crippen LogP contribution < -0.4 is 18.9 Å². The number of carbonyl (C=O) groups excluding carboxylic acids is 6. The number of fused-ring (bicyclic) bond motifs is 2. The molecule has 2 atom stereocenters. The van der Waals surface area contributed by atoms with Crippen molar-refractivity contribution in [3.05, 3.63) is 309 Å². The van der Waals surface area contributed by atoms with Gasteiger partial charge in [-0.25, -0.2) is 0 Å². The number of ether oxygens (including phenoxy) is 4. The van der Waals surface area contributed by atoms with Crippen LogP contribution in [0.2, 0.25) is 0 Å². The highest BCUT2D eigenvalue weighted by molar-refractivity contribution is 7.80. The Labute approximate surface area is 651 Å². The number of amides is 6. The first-order valence-electron chi connectivity index (χ1n) is 37.4. The lowest BCUT2D eigenvalue weighted by Gasteiger charge is -2.37. The Morgan fingerprint density at radius 2 is 0.527 bits per heavy atom. The van der Waals surface area contributed by atoms with Gasteiger partial charge in [-0.05, 0) is 141 Å². The van der Waals surface area contributed by atoms with Crippen LogP contribution in [0, 0.1) is 0 Å². The van der Waals surface area contributed by atoms with Crippen LogP contribution in [0.25, 0.3) is 43.1 Å². The summed E-state index contributed by atoms with van der Waals surface area (Å²) in [6.45, 7) is 17.2. The predicted molar refractivity (Wildman–Crippen MR) is 441 cm³/mol. The second kappa shape index (κ2) is 31.1. The summed E-state index contributed by atoms with van der Waals surface area (Å²) < 4.78 is 29.8. The lowest BCUT2D eigenvalue weighted by atomic mass is 9.80. The van der Waals surface area contributed by atoms with Gasteiger partial charge < -0.3 is 28.7 Å². The molecule has 0 saturated carbocycles. The van der Waals surface area contributed by atoms with Crippen LogP contribution in [0.15, 0.2) is 243 Å². The number of hydrogen-bond acceptors (Lipinski definition) is 12. The number of rotatable bonds is 26. The van der Waals surface area contributed by atoms with Crippen LogP contribution in [0.3, 0.4) is 0 Å². The molecule has 2 unspecified atom stereocenters. The van der Waals surface area contributed by atoms with E-state index >= 15 is 28.8 Å². The van der Waals surface area contributed by atoms with Crippen LogP contribution in [0.1, 0.15) is 165 Å². The SMILES string of the molecule is CC(C)c1cccc(Oc2cc3c4c(cc(Oc5cccc(C(C)C)c5)c5c6c(Oc7cccc(C(C)C)c7)cc7c8c(cc(Oc9cccc(C(C)C)c9)c(c2c45)c86)C(=O)N(C(CS)C(=O)N(Cc2ccccc2)Cc2ccccc2)C7=O)C(=O)N(C(CS)C(=O)N(Cc2ccccc2)Cc2ccccc2)C3=O)c1. The summed E-state index contributed by atoms with van der Waals surface area (Å²) >= 11 is 9.75. The third-order valence-corrected chi connectivity index (χ3v) is 21.7. The Morgan fingerprint density at radius 3 is 0.736 bits per heavy atom. The number of hydrogen-bond donors (Lipinski definition) is 2. The molecule has 16 heteroatoms. The molecule has 13 aromatic carbocycles. The molecule has 0 N–H and O–H groups in total. The zero-order chi connectivity index (χ0) is 76.8. The lowest BCUT2D eigenvalue weighted by Crippen LogP contribution is -2.55. The van der Waals surface area contributed by atoms with E-state index in [1.165, 1.54) is 0 Å². The Bertz CT molecular complexity index is 5070. The molecule has 552 valence electrons. The van der Waals surface area contributed by atoms with Gasteiger partial charge in [-0.1, -0.05) is 225 Å². The minimum atomic E-state index is -1.46. The third-order valence-electron chi connectivity index (χ3n) is 21.0. The Morgan fingerprint density at radius 1 is 0.300 bits per heavy atom. The third kappa shape index (κ3) is 14.2. The molecule has 0 saturated heterocycles. The lowest BCUT2D eigenvalue weighted by molar-refractivity contribution is -0.136. The maximum absolute atomic E-state index is 16.7. The molecule has 6 amide bonds. The summed E-state index contributed by atoms with van der Waals surface area (Å²) in [5.41, 5.74) is 7.19. The minimum Gasteiger partial charge on any atom is -0.457 e. The topological polar surface area (TPSA) is 152 Å². The molecular formula is C94H84N4O10S2. The second-order valence-electron chi connectivity index (χ2n) is 29.7. The van der Waals surface area contributed by atoms with E-state index in [0.717, 1.165) is 54.3 Å². The smallest absolute Gasteiger partial charge is 0.262 e. The van der Waals surface area contributed by atoms with Crippen molar-refractivity contribution in [3.8, 4) is 46.0 Å². The Balaban J connectivity index is 1.06. The molecule has 0 bridgehead atoms. The molecule has 14 nitrogen and oxygen atoms in total. The van der Waals surface area contributed by atoms with Gasteiger partial charge in [-0.2, -0.15) is 25.3 Å². The van der Waals surface area contributed by atoms with Crippen molar-refractivity contribution in [2.24, 2.45) is 0 Å². The first kappa shape index (κ1) is 73.8. The van der Waals surface area contributed by atoms with Gasteiger partial charge in [-0.3, -0.25) is 38.6 Å². The summed E-state index contributed by atoms with van der Waals surface area (Å²) in [5.74, 6) is -2.51. The van der Waals surface area contributed by atoms with Crippen molar-refractivity contribution < 1.29 is 47.7 Å². The number of carbonyl (C=O) groups is 6. The molecule has 0 fully saturated rings. The molecule has 0 aliphatic carbocycles. The first-order valence-corrected chi connectivity index (χ1v) is 38.7. The van der Waals surface area contributed by atoms with E-state index in [9.17, 15) is 0 Å². The molecule has 110 heavy (non-hydrogen) atoms. The van der Waals surface area contributed by atoms with Crippen molar-refractivity contribution in [2.75, 3.05) is 11.5 Å². The predicted octanol–water partition coefficient (Wildman–Crippen LogP) is 21.6. The first-order chi connectivity index (χ1) is 53.2. The molecule has 0 aromatic heterocycles. The summed E-state index contributed by atoms with van der Waals surface area (Å²) in [5, 5.41) is 2.26. The standard InChI is InChI=1S/C94H84N4O10S2/c1-55(2)63-33-21-37-67(41-63)105-77-45-71-81-72(90(100)97(89(71)99)75(53-109)93(103)95(49-59-25-13-9-14-26-59)50-60-27-15-10-16-28-60)47-79(107-69-39-23-35-65(43-69)57(5)6)85-86-80(108-70-40-24-36-66(44-70)58(7)8)48-74-82-73(46-78(84(88(82)86)83(77)87(81)85)106-68-38-22-34-64(42-68)56(3)4)91(101)98(92(74)102)76(54-110)94(104)96(51-61-29-17-11-18-30-61)52-62-31-19-12-20-32-62/h9-48,55-58,75-76,109-110H,49-54H2,1-8H3. The fourth-order valence-electron chi connectivity index (χ4n) is 15.3. The van der Waals surface area contributed by atoms with Gasteiger partial charge in [0.25, 0.3) is 23.6 Å². The van der Waals surface area contributed by atoms with E-state index in [1.54, 1.807) is 34.1 Å². The fraction of sp³-hybridized carbons (Fsp3) is 0.213. The monoisotopic (exact) mass is 1490 g/mol. The van der Waals surface area contributed by atoms with Gasteiger partial charge in [0.2, 0.25) is 11.8 Å². The van der Waals surface area contributed by atoms with Gasteiger partial charge in [0.15, 0.2) is 0 Å². The molecular weight excluding hydrogens is 1410 g/mol. The Kier molecular flexibility index (Phi) is 20.9. The van der Waals surface area contributed by atoms with Crippen molar-refractivity contribution in [3.63, 3.8) is 0 Å². The average Bonchev–Trinajstić information content (AvgIpc) is 0.670. The molecule has 15 rings (SSSR count). The summed E-state index contributed by atoms with van der Waals surface area (Å²) in [7, 11) is 0. The summed E-state index contributed by atoms with van der Waals surface area (Å²) in [4.78, 5) is 104. The number of benzene rings is 13. The van der Waals surface area contributed by atoms with Crippen LogP contribution >= 0.6 is 25.3 Å². The van der Waals surface area contributed by atoms with Crippen molar-refractivity contribution in [1.29, 1.82) is 0 Å². The maximum atomic E-state index is 16.7. The van der Waals surface area contributed by atoms with E-state index in [4.69, 9.17) is 44.2 Å². The van der Waals surface area contributed by atoms with Crippen molar-refractivity contribution >= 4 is 104 Å². The molecule has 13 aromatic rings. The quantitative estimate of drug-likeness (QED) is 0.0232. The van der Waals surface area contributed by atoms with E-state index < -0.39 is 47.5 Å². The van der Waals surface area contributed by atoms with Gasteiger partial charge in [-0.15, -0.1) is 0 Å². The van der Waals surface area contributed by atoms with E-state index in [-0.39, 0.29) is 117 Å². The molecule has 2 aliphatic heterocycles. The van der Waals surface area contributed by atoms with Crippen LogP contribution in [0.5, 0.6) is 46.0 Å². The van der Waals surface area contributed by atoms with Crippen molar-refractivity contribution in [1.82, 2.24) is 19.6 Å². The van der Waals surface area contributed by atoms with Gasteiger partial charge in [0, 0.05) is 80.8 Å². The normalized spacial score (nSPS) is 13.4. The van der Waals surface area contributed by atoms with Crippen LogP contribution in [0.4, 0.5) is 0 Å². The number of imide groups is 2. The summed E-state index contributed by atoms with van der Waals surface area (Å²) in [6.07, 6.45) is 0. The number of thiol groups is 2. The molecule has 2 aliphatic rings. The average molecular weight is 1490 g/mol. The molecule has 0 spiro atoms. The highest BCUT2D eigenvalue weighted by Gasteiger charge is 2.47. The van der Waals surface area contributed by atoms with E-state index in [2.05, 4.69) is 55.4 Å². The largest absolute Gasteiger partial charge is 0.457 e. The molecule has 0 radical (unpaired) electrons.